The molecule has 0 bridgehead atoms. The van der Waals surface area contributed by atoms with E-state index in [2.05, 4.69) is 10.1 Å². The van der Waals surface area contributed by atoms with E-state index < -0.39 is 0 Å². The van der Waals surface area contributed by atoms with Gasteiger partial charge in [-0.05, 0) is 42.0 Å². The lowest BCUT2D eigenvalue weighted by atomic mass is 10.2. The Labute approximate surface area is 160 Å². The first-order valence-corrected chi connectivity index (χ1v) is 8.24. The first-order chi connectivity index (χ1) is 13.0. The van der Waals surface area contributed by atoms with Crippen molar-refractivity contribution in [2.24, 2.45) is 0 Å². The highest BCUT2D eigenvalue weighted by molar-refractivity contribution is 6.50. The van der Waals surface area contributed by atoms with Gasteiger partial charge in [-0.2, -0.15) is 4.98 Å². The van der Waals surface area contributed by atoms with E-state index >= 15 is 0 Å². The highest BCUT2D eigenvalue weighted by Gasteiger charge is 2.14. The second-order valence-electron chi connectivity index (χ2n) is 5.42. The van der Waals surface area contributed by atoms with E-state index in [-0.39, 0.29) is 16.7 Å². The Bertz CT molecular complexity index is 984. The summed E-state index contributed by atoms with van der Waals surface area (Å²) in [5.41, 5.74) is 1.35. The second kappa shape index (κ2) is 8.01. The molecule has 0 amide bonds. The third-order valence-electron chi connectivity index (χ3n) is 3.77. The number of methoxy groups -OCH3 is 3. The maximum Gasteiger partial charge on any atom is 0.269 e. The van der Waals surface area contributed by atoms with Crippen molar-refractivity contribution in [3.05, 3.63) is 47.9 Å². The summed E-state index contributed by atoms with van der Waals surface area (Å²) >= 11 is 6.28. The fourth-order valence-corrected chi connectivity index (χ4v) is 2.62. The molecule has 3 rings (SSSR count). The van der Waals surface area contributed by atoms with Crippen LogP contribution < -0.4 is 14.2 Å². The molecule has 1 aromatic heterocycles. The largest absolute Gasteiger partial charge is 0.504 e. The molecular formula is C19H17ClN2O5. The highest BCUT2D eigenvalue weighted by Crippen LogP contribution is 2.33. The molecule has 0 aliphatic heterocycles. The van der Waals surface area contributed by atoms with Gasteiger partial charge in [-0.3, -0.25) is 0 Å². The number of rotatable bonds is 6. The van der Waals surface area contributed by atoms with Gasteiger partial charge < -0.3 is 23.8 Å². The molecule has 0 saturated carbocycles. The molecule has 0 aliphatic carbocycles. The Morgan fingerprint density at radius 2 is 1.70 bits per heavy atom. The molecule has 0 saturated heterocycles. The normalized spacial score (nSPS) is 11.3. The van der Waals surface area contributed by atoms with Crippen LogP contribution in [-0.2, 0) is 0 Å². The third-order valence-corrected chi connectivity index (χ3v) is 4.04. The minimum Gasteiger partial charge on any atom is -0.504 e. The molecule has 1 N–H and O–H groups in total. The SMILES string of the molecule is COc1ccc(/C=C(\Cl)c2nc(-c3ccc(OC)c(OC)c3)no2)cc1O. The van der Waals surface area contributed by atoms with Crippen molar-refractivity contribution in [3.8, 4) is 34.4 Å². The fourth-order valence-electron chi connectivity index (χ4n) is 2.42. The van der Waals surface area contributed by atoms with Crippen LogP contribution in [0.1, 0.15) is 11.5 Å². The third kappa shape index (κ3) is 3.98. The van der Waals surface area contributed by atoms with Gasteiger partial charge in [0.2, 0.25) is 5.82 Å². The Kier molecular flexibility index (Phi) is 5.52. The van der Waals surface area contributed by atoms with Crippen LogP contribution in [0.3, 0.4) is 0 Å². The van der Waals surface area contributed by atoms with Gasteiger partial charge in [0.25, 0.3) is 5.89 Å². The maximum atomic E-state index is 9.85. The summed E-state index contributed by atoms with van der Waals surface area (Å²) in [6.45, 7) is 0. The van der Waals surface area contributed by atoms with Crippen LogP contribution in [0.5, 0.6) is 23.0 Å². The Balaban J connectivity index is 1.88. The van der Waals surface area contributed by atoms with E-state index in [1.54, 1.807) is 50.6 Å². The summed E-state index contributed by atoms with van der Waals surface area (Å²) in [5.74, 6) is 2.04. The Hall–Kier alpha value is -3.19. The average Bonchev–Trinajstić information content (AvgIpc) is 3.18. The van der Waals surface area contributed by atoms with E-state index in [9.17, 15) is 5.11 Å². The number of nitrogens with zero attached hydrogens (tertiary/aromatic N) is 2. The van der Waals surface area contributed by atoms with Gasteiger partial charge in [-0.15, -0.1) is 0 Å². The van der Waals surface area contributed by atoms with E-state index in [4.69, 9.17) is 30.3 Å². The number of hydrogen-bond donors (Lipinski definition) is 1. The molecule has 8 heteroatoms. The van der Waals surface area contributed by atoms with E-state index in [1.807, 2.05) is 0 Å². The van der Waals surface area contributed by atoms with Crippen molar-refractivity contribution >= 4 is 22.7 Å². The summed E-state index contributed by atoms with van der Waals surface area (Å²) in [7, 11) is 4.59. The number of phenols is 1. The molecule has 2 aromatic carbocycles. The molecule has 140 valence electrons. The van der Waals surface area contributed by atoms with Crippen LogP contribution in [0.2, 0.25) is 0 Å². The van der Waals surface area contributed by atoms with Crippen molar-refractivity contribution in [1.82, 2.24) is 10.1 Å². The maximum absolute atomic E-state index is 9.85. The van der Waals surface area contributed by atoms with Crippen molar-refractivity contribution in [3.63, 3.8) is 0 Å². The van der Waals surface area contributed by atoms with Gasteiger partial charge in [0.15, 0.2) is 23.0 Å². The zero-order valence-electron chi connectivity index (χ0n) is 14.9. The van der Waals surface area contributed by atoms with Crippen molar-refractivity contribution in [2.45, 2.75) is 0 Å². The monoisotopic (exact) mass is 388 g/mol. The van der Waals surface area contributed by atoms with Crippen LogP contribution in [0.15, 0.2) is 40.9 Å². The fraction of sp³-hybridized carbons (Fsp3) is 0.158. The lowest BCUT2D eigenvalue weighted by molar-refractivity contribution is 0.355. The summed E-state index contributed by atoms with van der Waals surface area (Å²) in [6.07, 6.45) is 1.60. The number of halogens is 1. The van der Waals surface area contributed by atoms with Crippen molar-refractivity contribution in [1.29, 1.82) is 0 Å². The zero-order chi connectivity index (χ0) is 19.4. The molecule has 0 atom stereocenters. The average molecular weight is 389 g/mol. The van der Waals surface area contributed by atoms with Gasteiger partial charge in [0.05, 0.1) is 21.3 Å². The predicted octanol–water partition coefficient (Wildman–Crippen LogP) is 4.20. The number of benzene rings is 2. The summed E-state index contributed by atoms with van der Waals surface area (Å²) in [4.78, 5) is 4.30. The highest BCUT2D eigenvalue weighted by atomic mass is 35.5. The number of phenolic OH excluding ortho intramolecular Hbond substituents is 1. The molecule has 0 fully saturated rings. The molecule has 0 aliphatic rings. The lowest BCUT2D eigenvalue weighted by Gasteiger charge is -2.07. The summed E-state index contributed by atoms with van der Waals surface area (Å²) in [6, 6.07) is 10.2. The standard InChI is InChI=1S/C19H17ClN2O5/c1-24-15-6-4-11(9-14(15)23)8-13(20)19-21-18(22-27-19)12-5-7-16(25-2)17(10-12)26-3/h4-10,23H,1-3H3/b13-8-. The van der Waals surface area contributed by atoms with Crippen LogP contribution in [0, 0.1) is 0 Å². The van der Waals surface area contributed by atoms with Crippen molar-refractivity contribution in [2.75, 3.05) is 21.3 Å². The van der Waals surface area contributed by atoms with Crippen LogP contribution in [0.25, 0.3) is 22.5 Å². The molecule has 7 nitrogen and oxygen atoms in total. The van der Waals surface area contributed by atoms with Gasteiger partial charge in [0.1, 0.15) is 5.03 Å². The van der Waals surface area contributed by atoms with E-state index in [0.717, 1.165) is 0 Å². The molecular weight excluding hydrogens is 372 g/mol. The lowest BCUT2D eigenvalue weighted by Crippen LogP contribution is -1.91. The first kappa shape index (κ1) is 18.6. The van der Waals surface area contributed by atoms with E-state index in [0.29, 0.717) is 34.2 Å². The van der Waals surface area contributed by atoms with Gasteiger partial charge in [-0.25, -0.2) is 0 Å². The number of aromatic nitrogens is 2. The summed E-state index contributed by atoms with van der Waals surface area (Å²) < 4.78 is 20.7. The first-order valence-electron chi connectivity index (χ1n) is 7.86. The van der Waals surface area contributed by atoms with Crippen LogP contribution in [-0.4, -0.2) is 36.6 Å². The Morgan fingerprint density at radius 3 is 2.37 bits per heavy atom. The van der Waals surface area contributed by atoms with Gasteiger partial charge >= 0.3 is 0 Å². The number of aromatic hydroxyl groups is 1. The van der Waals surface area contributed by atoms with E-state index in [1.165, 1.54) is 13.2 Å². The van der Waals surface area contributed by atoms with Gasteiger partial charge in [-0.1, -0.05) is 22.8 Å². The summed E-state index contributed by atoms with van der Waals surface area (Å²) in [5, 5.41) is 14.0. The minimum absolute atomic E-state index is 0.00672. The molecule has 1 heterocycles. The number of ether oxygens (including phenoxy) is 3. The molecule has 27 heavy (non-hydrogen) atoms. The zero-order valence-corrected chi connectivity index (χ0v) is 15.6. The van der Waals surface area contributed by atoms with Crippen LogP contribution >= 0.6 is 11.6 Å². The quantitative estimate of drug-likeness (QED) is 0.676. The molecule has 0 spiro atoms. The number of hydrogen-bond acceptors (Lipinski definition) is 7. The Morgan fingerprint density at radius 1 is 1.00 bits per heavy atom. The van der Waals surface area contributed by atoms with Gasteiger partial charge in [0, 0.05) is 5.56 Å². The van der Waals surface area contributed by atoms with Crippen LogP contribution in [0.4, 0.5) is 0 Å². The topological polar surface area (TPSA) is 86.8 Å². The van der Waals surface area contributed by atoms with Crippen molar-refractivity contribution < 1.29 is 23.8 Å². The second-order valence-corrected chi connectivity index (χ2v) is 5.82. The minimum atomic E-state index is 0.00672. The smallest absolute Gasteiger partial charge is 0.269 e. The predicted molar refractivity (Wildman–Crippen MR) is 101 cm³/mol. The molecule has 0 radical (unpaired) electrons. The molecule has 3 aromatic rings. The molecule has 0 unspecified atom stereocenters.